The van der Waals surface area contributed by atoms with Gasteiger partial charge in [-0.25, -0.2) is 0 Å². The molecule has 15 heavy (non-hydrogen) atoms. The third kappa shape index (κ3) is 4.24. The molecule has 0 heterocycles. The van der Waals surface area contributed by atoms with Gasteiger partial charge >= 0.3 is 5.97 Å². The fraction of sp³-hybridized carbons (Fsp3) is 0.200. The van der Waals surface area contributed by atoms with Crippen molar-refractivity contribution in [3.63, 3.8) is 0 Å². The molecule has 0 unspecified atom stereocenters. The van der Waals surface area contributed by atoms with Crippen LogP contribution in [0.2, 0.25) is 0 Å². The SMILES string of the molecule is N[C@@H](CON=Cc1ccccc1)C(=O)O. The maximum atomic E-state index is 10.3. The summed E-state index contributed by atoms with van der Waals surface area (Å²) < 4.78 is 0. The number of oxime groups is 1. The van der Waals surface area contributed by atoms with Crippen LogP contribution in [-0.4, -0.2) is 29.9 Å². The van der Waals surface area contributed by atoms with E-state index in [2.05, 4.69) is 5.16 Å². The highest BCUT2D eigenvalue weighted by Gasteiger charge is 2.10. The zero-order valence-electron chi connectivity index (χ0n) is 8.04. The smallest absolute Gasteiger partial charge is 0.324 e. The van der Waals surface area contributed by atoms with Crippen molar-refractivity contribution < 1.29 is 14.7 Å². The fourth-order valence-corrected chi connectivity index (χ4v) is 0.832. The zero-order valence-corrected chi connectivity index (χ0v) is 8.04. The van der Waals surface area contributed by atoms with Gasteiger partial charge in [-0.05, 0) is 5.56 Å². The number of nitrogens with two attached hydrogens (primary N) is 1. The van der Waals surface area contributed by atoms with Gasteiger partial charge in [-0.1, -0.05) is 35.5 Å². The predicted octanol–water partition coefficient (Wildman–Crippen LogP) is 0.449. The molecule has 1 aromatic rings. The van der Waals surface area contributed by atoms with Gasteiger partial charge in [0.2, 0.25) is 0 Å². The van der Waals surface area contributed by atoms with Crippen molar-refractivity contribution in [1.29, 1.82) is 0 Å². The minimum atomic E-state index is -1.11. The van der Waals surface area contributed by atoms with E-state index in [9.17, 15) is 4.79 Å². The molecule has 0 aliphatic rings. The van der Waals surface area contributed by atoms with Crippen LogP contribution in [0.3, 0.4) is 0 Å². The normalized spacial score (nSPS) is 12.6. The summed E-state index contributed by atoms with van der Waals surface area (Å²) in [6, 6.07) is 8.28. The lowest BCUT2D eigenvalue weighted by Gasteiger charge is -2.02. The van der Waals surface area contributed by atoms with Gasteiger partial charge in [-0.3, -0.25) is 4.79 Å². The molecule has 1 aromatic carbocycles. The fourth-order valence-electron chi connectivity index (χ4n) is 0.832. The van der Waals surface area contributed by atoms with Gasteiger partial charge in [0.15, 0.2) is 0 Å². The Balaban J connectivity index is 2.32. The molecule has 1 rings (SSSR count). The summed E-state index contributed by atoms with van der Waals surface area (Å²) >= 11 is 0. The van der Waals surface area contributed by atoms with E-state index < -0.39 is 12.0 Å². The summed E-state index contributed by atoms with van der Waals surface area (Å²) in [5.41, 5.74) is 6.07. The Labute approximate surface area is 87.1 Å². The van der Waals surface area contributed by atoms with Crippen LogP contribution in [0.25, 0.3) is 0 Å². The molecule has 0 saturated carbocycles. The number of carboxylic acid groups (broad SMARTS) is 1. The summed E-state index contributed by atoms with van der Waals surface area (Å²) in [7, 11) is 0. The topological polar surface area (TPSA) is 84.9 Å². The lowest BCUT2D eigenvalue weighted by molar-refractivity contribution is -0.140. The Morgan fingerprint density at radius 1 is 1.53 bits per heavy atom. The first-order valence-electron chi connectivity index (χ1n) is 4.39. The Bertz CT molecular complexity index is 338. The van der Waals surface area contributed by atoms with Gasteiger partial charge in [0.1, 0.15) is 12.6 Å². The molecule has 0 aliphatic carbocycles. The molecule has 0 spiro atoms. The number of rotatable bonds is 5. The van der Waals surface area contributed by atoms with Crippen molar-refractivity contribution in [2.45, 2.75) is 6.04 Å². The summed E-state index contributed by atoms with van der Waals surface area (Å²) in [4.78, 5) is 15.0. The summed E-state index contributed by atoms with van der Waals surface area (Å²) in [6.45, 7) is -0.140. The summed E-state index contributed by atoms with van der Waals surface area (Å²) in [5.74, 6) is -1.11. The largest absolute Gasteiger partial charge is 0.480 e. The standard InChI is InChI=1S/C10H12N2O3/c11-9(10(13)14)7-15-12-6-8-4-2-1-3-5-8/h1-6,9H,7,11H2,(H,13,14)/t9-/m0/s1. The number of carbonyl (C=O) groups is 1. The first kappa shape index (κ1) is 11.2. The maximum absolute atomic E-state index is 10.3. The minimum Gasteiger partial charge on any atom is -0.480 e. The number of carboxylic acids is 1. The van der Waals surface area contributed by atoms with E-state index >= 15 is 0 Å². The van der Waals surface area contributed by atoms with E-state index in [0.29, 0.717) is 0 Å². The molecule has 0 fully saturated rings. The quantitative estimate of drug-likeness (QED) is 0.543. The molecule has 5 nitrogen and oxygen atoms in total. The van der Waals surface area contributed by atoms with Crippen LogP contribution >= 0.6 is 0 Å². The monoisotopic (exact) mass is 208 g/mol. The zero-order chi connectivity index (χ0) is 11.1. The van der Waals surface area contributed by atoms with Crippen molar-refractivity contribution >= 4 is 12.2 Å². The predicted molar refractivity (Wildman–Crippen MR) is 55.6 cm³/mol. The second-order valence-electron chi connectivity index (χ2n) is 2.89. The van der Waals surface area contributed by atoms with Gasteiger partial charge in [0.05, 0.1) is 6.21 Å². The van der Waals surface area contributed by atoms with Crippen molar-refractivity contribution in [2.75, 3.05) is 6.61 Å². The molecular weight excluding hydrogens is 196 g/mol. The molecule has 80 valence electrons. The van der Waals surface area contributed by atoms with Gasteiger partial charge in [0, 0.05) is 0 Å². The average Bonchev–Trinajstić information content (AvgIpc) is 2.25. The van der Waals surface area contributed by atoms with Gasteiger partial charge < -0.3 is 15.7 Å². The Kier molecular flexibility index (Phi) is 4.30. The molecule has 0 aromatic heterocycles. The van der Waals surface area contributed by atoms with Crippen LogP contribution < -0.4 is 5.73 Å². The van der Waals surface area contributed by atoms with Crippen LogP contribution in [0.15, 0.2) is 35.5 Å². The van der Waals surface area contributed by atoms with E-state index in [1.54, 1.807) is 0 Å². The molecule has 1 atom stereocenters. The van der Waals surface area contributed by atoms with Crippen molar-refractivity contribution in [3.05, 3.63) is 35.9 Å². The second kappa shape index (κ2) is 5.77. The van der Waals surface area contributed by atoms with Gasteiger partial charge in [-0.2, -0.15) is 0 Å². The molecule has 0 amide bonds. The van der Waals surface area contributed by atoms with Crippen molar-refractivity contribution in [3.8, 4) is 0 Å². The summed E-state index contributed by atoms with van der Waals surface area (Å²) in [6.07, 6.45) is 1.49. The van der Waals surface area contributed by atoms with Crippen LogP contribution in [0.4, 0.5) is 0 Å². The molecule has 5 heteroatoms. The minimum absolute atomic E-state index is 0.140. The van der Waals surface area contributed by atoms with Crippen LogP contribution in [0, 0.1) is 0 Å². The first-order chi connectivity index (χ1) is 7.20. The lowest BCUT2D eigenvalue weighted by Crippen LogP contribution is -2.34. The van der Waals surface area contributed by atoms with E-state index in [-0.39, 0.29) is 6.61 Å². The Hall–Kier alpha value is -1.88. The second-order valence-corrected chi connectivity index (χ2v) is 2.89. The number of hydrogen-bond acceptors (Lipinski definition) is 4. The third-order valence-electron chi connectivity index (χ3n) is 1.65. The molecule has 0 radical (unpaired) electrons. The molecule has 0 aliphatic heterocycles. The number of nitrogens with zero attached hydrogens (tertiary/aromatic N) is 1. The number of hydrogen-bond donors (Lipinski definition) is 2. The first-order valence-corrected chi connectivity index (χ1v) is 4.39. The Morgan fingerprint density at radius 3 is 2.80 bits per heavy atom. The Morgan fingerprint density at radius 2 is 2.20 bits per heavy atom. The highest BCUT2D eigenvalue weighted by atomic mass is 16.6. The van der Waals surface area contributed by atoms with E-state index in [1.165, 1.54) is 6.21 Å². The van der Waals surface area contributed by atoms with E-state index in [4.69, 9.17) is 15.7 Å². The number of aliphatic carboxylic acids is 1. The molecule has 0 saturated heterocycles. The van der Waals surface area contributed by atoms with Gasteiger partial charge in [-0.15, -0.1) is 0 Å². The molecular formula is C10H12N2O3. The van der Waals surface area contributed by atoms with E-state index in [1.807, 2.05) is 30.3 Å². The van der Waals surface area contributed by atoms with Crippen LogP contribution in [0.1, 0.15) is 5.56 Å². The lowest BCUT2D eigenvalue weighted by atomic mass is 10.2. The summed E-state index contributed by atoms with van der Waals surface area (Å²) in [5, 5.41) is 12.0. The van der Waals surface area contributed by atoms with Crippen LogP contribution in [0.5, 0.6) is 0 Å². The third-order valence-corrected chi connectivity index (χ3v) is 1.65. The average molecular weight is 208 g/mol. The highest BCUT2D eigenvalue weighted by Crippen LogP contribution is 1.94. The maximum Gasteiger partial charge on any atom is 0.324 e. The van der Waals surface area contributed by atoms with Crippen LogP contribution in [-0.2, 0) is 9.63 Å². The van der Waals surface area contributed by atoms with Gasteiger partial charge in [0.25, 0.3) is 0 Å². The van der Waals surface area contributed by atoms with Crippen molar-refractivity contribution in [2.24, 2.45) is 10.9 Å². The highest BCUT2D eigenvalue weighted by molar-refractivity contribution is 5.78. The number of benzene rings is 1. The van der Waals surface area contributed by atoms with E-state index in [0.717, 1.165) is 5.56 Å². The molecule has 3 N–H and O–H groups in total. The molecule has 0 bridgehead atoms. The van der Waals surface area contributed by atoms with Crippen molar-refractivity contribution in [1.82, 2.24) is 0 Å².